The van der Waals surface area contributed by atoms with E-state index in [4.69, 9.17) is 4.74 Å². The van der Waals surface area contributed by atoms with Crippen molar-refractivity contribution in [3.8, 4) is 5.88 Å². The van der Waals surface area contributed by atoms with Gasteiger partial charge in [-0.15, -0.1) is 0 Å². The first-order chi connectivity index (χ1) is 15.5. The number of aliphatic hydroxyl groups is 1. The van der Waals surface area contributed by atoms with E-state index in [0.717, 1.165) is 43.4 Å². The van der Waals surface area contributed by atoms with Gasteiger partial charge in [-0.3, -0.25) is 15.0 Å². The summed E-state index contributed by atoms with van der Waals surface area (Å²) in [6, 6.07) is 12.6. The molecule has 2 aromatic rings. The van der Waals surface area contributed by atoms with E-state index < -0.39 is 18.5 Å². The van der Waals surface area contributed by atoms with Crippen LogP contribution in [0.4, 0.5) is 10.5 Å². The van der Waals surface area contributed by atoms with Gasteiger partial charge in [0.2, 0.25) is 18.0 Å². The molecule has 2 unspecified atom stereocenters. The lowest BCUT2D eigenvalue weighted by molar-refractivity contribution is -0.125. The number of amides is 3. The second-order valence-electron chi connectivity index (χ2n) is 8.45. The Morgan fingerprint density at radius 1 is 1.09 bits per heavy atom. The van der Waals surface area contributed by atoms with Gasteiger partial charge in [-0.25, -0.2) is 9.78 Å². The third-order valence-corrected chi connectivity index (χ3v) is 6.15. The first kappa shape index (κ1) is 22.1. The number of aryl methyl sites for hydroxylation is 1. The number of anilines is 1. The molecule has 1 saturated heterocycles. The molecule has 2 heterocycles. The molecule has 0 radical (unpaired) electrons. The number of nitrogens with zero attached hydrogens (tertiary/aromatic N) is 3. The first-order valence-electron chi connectivity index (χ1n) is 11.2. The van der Waals surface area contributed by atoms with Crippen LogP contribution in [0.15, 0.2) is 48.7 Å². The van der Waals surface area contributed by atoms with Crippen molar-refractivity contribution in [3.63, 3.8) is 0 Å². The van der Waals surface area contributed by atoms with Crippen molar-refractivity contribution in [1.82, 2.24) is 15.2 Å². The van der Waals surface area contributed by atoms with E-state index in [-0.39, 0.29) is 18.4 Å². The number of aromatic nitrogens is 1. The molecule has 1 aromatic carbocycles. The maximum Gasteiger partial charge on any atom is 0.326 e. The molecular weight excluding hydrogens is 408 g/mol. The van der Waals surface area contributed by atoms with Crippen LogP contribution in [0.2, 0.25) is 0 Å². The number of para-hydroxylation sites is 1. The number of nitrogens with one attached hydrogen (secondary N) is 1. The quantitative estimate of drug-likeness (QED) is 0.762. The number of hydrogen-bond donors (Lipinski definition) is 2. The lowest BCUT2D eigenvalue weighted by Gasteiger charge is -2.45. The van der Waals surface area contributed by atoms with E-state index in [2.05, 4.69) is 10.3 Å². The monoisotopic (exact) mass is 438 g/mol. The van der Waals surface area contributed by atoms with Crippen molar-refractivity contribution in [2.45, 2.75) is 51.5 Å². The third-order valence-electron chi connectivity index (χ3n) is 6.15. The number of ether oxygens (including phenoxy) is 1. The molecule has 8 heteroatoms. The van der Waals surface area contributed by atoms with Crippen molar-refractivity contribution in [2.75, 3.05) is 18.0 Å². The highest BCUT2D eigenvalue weighted by atomic mass is 16.5. The van der Waals surface area contributed by atoms with E-state index in [1.807, 2.05) is 48.2 Å². The van der Waals surface area contributed by atoms with Gasteiger partial charge in [-0.1, -0.05) is 37.5 Å². The average molecular weight is 439 g/mol. The van der Waals surface area contributed by atoms with Gasteiger partial charge >= 0.3 is 6.03 Å². The molecule has 3 amide bonds. The number of imide groups is 1. The van der Waals surface area contributed by atoms with Crippen LogP contribution in [0.1, 0.15) is 37.7 Å². The fraction of sp³-hybridized carbons (Fsp3) is 0.458. The summed E-state index contributed by atoms with van der Waals surface area (Å²) in [4.78, 5) is 32.9. The molecule has 8 nitrogen and oxygen atoms in total. The molecule has 2 N–H and O–H groups in total. The van der Waals surface area contributed by atoms with E-state index in [1.54, 1.807) is 12.3 Å². The Kier molecular flexibility index (Phi) is 6.90. The Hall–Kier alpha value is -3.13. The Balaban J connectivity index is 1.51. The lowest BCUT2D eigenvalue weighted by Crippen LogP contribution is -2.65. The standard InChI is InChI=1S/C24H30N4O4/c1-17-12-13-25-20(16-17)32-23-22(30)28(15-14-27(23)19-10-6-3-7-11-19)24(31)26-21(29)18-8-4-2-5-9-18/h3,6-7,10-13,16,18,22-23,30H,2,4-5,8-9,14-15H2,1H3,(H,26,29,31). The predicted molar refractivity (Wildman–Crippen MR) is 120 cm³/mol. The number of hydrogen-bond acceptors (Lipinski definition) is 6. The van der Waals surface area contributed by atoms with Crippen LogP contribution in [0, 0.1) is 12.8 Å². The van der Waals surface area contributed by atoms with Crippen LogP contribution >= 0.6 is 0 Å². The van der Waals surface area contributed by atoms with Crippen molar-refractivity contribution < 1.29 is 19.4 Å². The summed E-state index contributed by atoms with van der Waals surface area (Å²) in [6.45, 7) is 2.61. The molecule has 1 saturated carbocycles. The van der Waals surface area contributed by atoms with Crippen molar-refractivity contribution >= 4 is 17.6 Å². The summed E-state index contributed by atoms with van der Waals surface area (Å²) < 4.78 is 6.08. The number of urea groups is 1. The molecule has 1 aliphatic carbocycles. The minimum atomic E-state index is -1.29. The van der Waals surface area contributed by atoms with E-state index in [0.29, 0.717) is 12.4 Å². The minimum Gasteiger partial charge on any atom is -0.449 e. The maximum atomic E-state index is 12.9. The molecule has 2 fully saturated rings. The van der Waals surface area contributed by atoms with E-state index in [9.17, 15) is 14.7 Å². The molecule has 1 aliphatic heterocycles. The molecule has 4 rings (SSSR count). The molecule has 32 heavy (non-hydrogen) atoms. The number of rotatable bonds is 4. The summed E-state index contributed by atoms with van der Waals surface area (Å²) in [7, 11) is 0. The van der Waals surface area contributed by atoms with Crippen LogP contribution in [0.25, 0.3) is 0 Å². The molecule has 0 spiro atoms. The Bertz CT molecular complexity index is 933. The van der Waals surface area contributed by atoms with Gasteiger partial charge in [-0.2, -0.15) is 0 Å². The maximum absolute atomic E-state index is 12.9. The molecule has 2 atom stereocenters. The van der Waals surface area contributed by atoms with Gasteiger partial charge in [-0.05, 0) is 43.5 Å². The summed E-state index contributed by atoms with van der Waals surface area (Å²) >= 11 is 0. The molecule has 2 aliphatic rings. The highest BCUT2D eigenvalue weighted by Gasteiger charge is 2.40. The molecule has 170 valence electrons. The molecule has 0 bridgehead atoms. The van der Waals surface area contributed by atoms with Gasteiger partial charge in [0.05, 0.1) is 0 Å². The van der Waals surface area contributed by atoms with Gasteiger partial charge in [0.15, 0.2) is 6.23 Å². The first-order valence-corrected chi connectivity index (χ1v) is 11.2. The van der Waals surface area contributed by atoms with Crippen LogP contribution in [0.3, 0.4) is 0 Å². The van der Waals surface area contributed by atoms with Crippen molar-refractivity contribution in [3.05, 3.63) is 54.2 Å². The highest BCUT2D eigenvalue weighted by molar-refractivity contribution is 5.95. The molecule has 1 aromatic heterocycles. The summed E-state index contributed by atoms with van der Waals surface area (Å²) in [6.07, 6.45) is 4.21. The number of aliphatic hydroxyl groups excluding tert-OH is 1. The van der Waals surface area contributed by atoms with Gasteiger partial charge in [0.25, 0.3) is 0 Å². The summed E-state index contributed by atoms with van der Waals surface area (Å²) in [5, 5.41) is 13.6. The average Bonchev–Trinajstić information content (AvgIpc) is 2.81. The number of carbonyl (C=O) groups excluding carboxylic acids is 2. The normalized spacial score (nSPS) is 21.8. The number of piperazine rings is 1. The van der Waals surface area contributed by atoms with Crippen molar-refractivity contribution in [2.24, 2.45) is 5.92 Å². The van der Waals surface area contributed by atoms with Crippen LogP contribution in [0.5, 0.6) is 5.88 Å². The summed E-state index contributed by atoms with van der Waals surface area (Å²) in [5.41, 5.74) is 1.83. The smallest absolute Gasteiger partial charge is 0.326 e. The zero-order valence-corrected chi connectivity index (χ0v) is 18.3. The van der Waals surface area contributed by atoms with E-state index >= 15 is 0 Å². The Morgan fingerprint density at radius 3 is 2.56 bits per heavy atom. The zero-order chi connectivity index (χ0) is 22.5. The lowest BCUT2D eigenvalue weighted by atomic mass is 9.89. The van der Waals surface area contributed by atoms with Crippen LogP contribution < -0.4 is 15.0 Å². The van der Waals surface area contributed by atoms with E-state index in [1.165, 1.54) is 4.90 Å². The van der Waals surface area contributed by atoms with Crippen LogP contribution in [-0.2, 0) is 4.79 Å². The highest BCUT2D eigenvalue weighted by Crippen LogP contribution is 2.27. The fourth-order valence-electron chi connectivity index (χ4n) is 4.37. The summed E-state index contributed by atoms with van der Waals surface area (Å²) in [5.74, 6) is -0.0419. The predicted octanol–water partition coefficient (Wildman–Crippen LogP) is 3.05. The Morgan fingerprint density at radius 2 is 1.84 bits per heavy atom. The Labute approximate surface area is 188 Å². The molecular formula is C24H30N4O4. The van der Waals surface area contributed by atoms with Gasteiger partial charge in [0.1, 0.15) is 0 Å². The third kappa shape index (κ3) is 5.02. The number of carbonyl (C=O) groups is 2. The zero-order valence-electron chi connectivity index (χ0n) is 18.3. The SMILES string of the molecule is Cc1ccnc(OC2C(O)N(C(=O)NC(=O)C3CCCCC3)CCN2c2ccccc2)c1. The van der Waals surface area contributed by atoms with Gasteiger partial charge < -0.3 is 14.7 Å². The van der Waals surface area contributed by atoms with Gasteiger partial charge in [0, 0.05) is 37.0 Å². The minimum absolute atomic E-state index is 0.140. The van der Waals surface area contributed by atoms with Crippen molar-refractivity contribution in [1.29, 1.82) is 0 Å². The number of pyridine rings is 1. The second-order valence-corrected chi connectivity index (χ2v) is 8.45. The number of benzene rings is 1. The topological polar surface area (TPSA) is 95.0 Å². The second kappa shape index (κ2) is 9.99. The fourth-order valence-corrected chi connectivity index (χ4v) is 4.37. The largest absolute Gasteiger partial charge is 0.449 e. The van der Waals surface area contributed by atoms with Crippen LogP contribution in [-0.4, -0.2) is 52.5 Å².